The van der Waals surface area contributed by atoms with Crippen molar-refractivity contribution in [3.63, 3.8) is 0 Å². The molecule has 2 rings (SSSR count). The molecule has 2 N–H and O–H groups in total. The number of hydrogen-bond acceptors (Lipinski definition) is 2. The van der Waals surface area contributed by atoms with E-state index in [1.807, 2.05) is 0 Å². The molecule has 1 aromatic rings. The zero-order chi connectivity index (χ0) is 15.7. The fourth-order valence-corrected chi connectivity index (χ4v) is 2.94. The number of hydrogen-bond donors (Lipinski definition) is 1. The van der Waals surface area contributed by atoms with Gasteiger partial charge in [0.2, 0.25) is 0 Å². The van der Waals surface area contributed by atoms with Gasteiger partial charge in [-0.05, 0) is 31.0 Å². The van der Waals surface area contributed by atoms with Gasteiger partial charge in [0.25, 0.3) is 0 Å². The van der Waals surface area contributed by atoms with Crippen LogP contribution in [0.25, 0.3) is 0 Å². The Labute approximate surface area is 120 Å². The van der Waals surface area contributed by atoms with Gasteiger partial charge in [0.15, 0.2) is 5.78 Å². The van der Waals surface area contributed by atoms with Crippen LogP contribution in [0.15, 0.2) is 18.2 Å². The number of carbonyl (C=O) groups is 1. The molecular weight excluding hydrogens is 286 g/mol. The molecule has 1 aliphatic rings. The van der Waals surface area contributed by atoms with Crippen LogP contribution in [0.1, 0.15) is 48.0 Å². The molecule has 0 spiro atoms. The molecule has 0 unspecified atom stereocenters. The minimum absolute atomic E-state index is 0.102. The maximum absolute atomic E-state index is 13.3. The molecule has 1 saturated carbocycles. The molecule has 0 aromatic heterocycles. The predicted molar refractivity (Wildman–Crippen MR) is 70.3 cm³/mol. The first-order valence-electron chi connectivity index (χ1n) is 6.92. The Hall–Kier alpha value is -1.43. The summed E-state index contributed by atoms with van der Waals surface area (Å²) >= 11 is 0. The Morgan fingerprint density at radius 2 is 1.81 bits per heavy atom. The van der Waals surface area contributed by atoms with Crippen LogP contribution in [0, 0.1) is 11.2 Å². The third-order valence-corrected chi connectivity index (χ3v) is 4.22. The summed E-state index contributed by atoms with van der Waals surface area (Å²) in [5, 5.41) is 0. The van der Waals surface area contributed by atoms with Crippen LogP contribution in [0.3, 0.4) is 0 Å². The third-order valence-electron chi connectivity index (χ3n) is 4.22. The van der Waals surface area contributed by atoms with Crippen molar-refractivity contribution >= 4 is 5.78 Å². The molecule has 0 aliphatic heterocycles. The molecule has 6 heteroatoms. The highest BCUT2D eigenvalue weighted by atomic mass is 19.4. The predicted octanol–water partition coefficient (Wildman–Crippen LogP) is 3.94. The number of nitrogens with two attached hydrogens (primary N) is 1. The summed E-state index contributed by atoms with van der Waals surface area (Å²) < 4.78 is 51.5. The van der Waals surface area contributed by atoms with Crippen LogP contribution < -0.4 is 5.73 Å². The standard InChI is InChI=1S/C15H17F4NO/c16-12-5-4-10(8-11(12)15(17,18)19)13(21)14(9-20)6-2-1-3-7-14/h4-5,8H,1-3,6-7,9,20H2. The molecule has 0 bridgehead atoms. The molecule has 0 amide bonds. The van der Waals surface area contributed by atoms with Gasteiger partial charge in [0.05, 0.1) is 5.56 Å². The number of rotatable bonds is 3. The average Bonchev–Trinajstić information content (AvgIpc) is 2.46. The van der Waals surface area contributed by atoms with Gasteiger partial charge in [-0.15, -0.1) is 0 Å². The topological polar surface area (TPSA) is 43.1 Å². The lowest BCUT2D eigenvalue weighted by atomic mass is 9.69. The van der Waals surface area contributed by atoms with Crippen LogP contribution in [0.2, 0.25) is 0 Å². The van der Waals surface area contributed by atoms with Gasteiger partial charge in [0.1, 0.15) is 5.82 Å². The molecule has 0 saturated heterocycles. The number of ketones is 1. The Balaban J connectivity index is 2.39. The van der Waals surface area contributed by atoms with Gasteiger partial charge in [-0.3, -0.25) is 4.79 Å². The largest absolute Gasteiger partial charge is 0.419 e. The number of benzene rings is 1. The summed E-state index contributed by atoms with van der Waals surface area (Å²) in [6.07, 6.45) is -1.02. The molecule has 2 nitrogen and oxygen atoms in total. The monoisotopic (exact) mass is 303 g/mol. The van der Waals surface area contributed by atoms with Crippen molar-refractivity contribution in [2.75, 3.05) is 6.54 Å². The van der Waals surface area contributed by atoms with Gasteiger partial charge in [0, 0.05) is 17.5 Å². The van der Waals surface area contributed by atoms with Crippen LogP contribution >= 0.6 is 0 Å². The third kappa shape index (κ3) is 3.10. The van der Waals surface area contributed by atoms with Gasteiger partial charge >= 0.3 is 6.18 Å². The van der Waals surface area contributed by atoms with E-state index >= 15 is 0 Å². The molecule has 0 atom stereocenters. The van der Waals surface area contributed by atoms with E-state index in [9.17, 15) is 22.4 Å². The van der Waals surface area contributed by atoms with E-state index in [1.165, 1.54) is 0 Å². The number of halogens is 4. The summed E-state index contributed by atoms with van der Waals surface area (Å²) in [4.78, 5) is 12.6. The van der Waals surface area contributed by atoms with Gasteiger partial charge in [-0.1, -0.05) is 19.3 Å². The summed E-state index contributed by atoms with van der Waals surface area (Å²) in [7, 11) is 0. The molecule has 116 valence electrons. The second-order valence-corrected chi connectivity index (χ2v) is 5.57. The molecule has 1 aromatic carbocycles. The minimum atomic E-state index is -4.82. The number of Topliss-reactive ketones (excluding diaryl/α,β-unsaturated/α-hetero) is 1. The van der Waals surface area contributed by atoms with E-state index in [0.29, 0.717) is 25.0 Å². The van der Waals surface area contributed by atoms with Crippen molar-refractivity contribution in [1.82, 2.24) is 0 Å². The molecule has 1 fully saturated rings. The Kier molecular flexibility index (Phi) is 4.37. The van der Waals surface area contributed by atoms with Crippen molar-refractivity contribution in [2.24, 2.45) is 11.1 Å². The van der Waals surface area contributed by atoms with E-state index < -0.39 is 28.8 Å². The maximum atomic E-state index is 13.3. The summed E-state index contributed by atoms with van der Waals surface area (Å²) in [6.45, 7) is 0.102. The van der Waals surface area contributed by atoms with Crippen molar-refractivity contribution < 1.29 is 22.4 Å². The smallest absolute Gasteiger partial charge is 0.329 e. The van der Waals surface area contributed by atoms with Crippen molar-refractivity contribution in [1.29, 1.82) is 0 Å². The molecule has 0 heterocycles. The van der Waals surface area contributed by atoms with E-state index in [4.69, 9.17) is 5.73 Å². The minimum Gasteiger partial charge on any atom is -0.329 e. The first kappa shape index (κ1) is 15.9. The lowest BCUT2D eigenvalue weighted by Gasteiger charge is -2.34. The highest BCUT2D eigenvalue weighted by Crippen LogP contribution is 2.39. The normalized spacial score (nSPS) is 18.5. The highest BCUT2D eigenvalue weighted by molar-refractivity contribution is 6.01. The van der Waals surface area contributed by atoms with Gasteiger partial charge < -0.3 is 5.73 Å². The first-order valence-corrected chi connectivity index (χ1v) is 6.92. The highest BCUT2D eigenvalue weighted by Gasteiger charge is 2.40. The molecular formula is C15H17F4NO. The van der Waals surface area contributed by atoms with Crippen LogP contribution in [0.5, 0.6) is 0 Å². The van der Waals surface area contributed by atoms with Crippen molar-refractivity contribution in [3.8, 4) is 0 Å². The zero-order valence-electron chi connectivity index (χ0n) is 11.5. The molecule has 1 aliphatic carbocycles. The van der Waals surface area contributed by atoms with Gasteiger partial charge in [-0.25, -0.2) is 4.39 Å². The fourth-order valence-electron chi connectivity index (χ4n) is 2.94. The fraction of sp³-hybridized carbons (Fsp3) is 0.533. The SMILES string of the molecule is NCC1(C(=O)c2ccc(F)c(C(F)(F)F)c2)CCCCC1. The molecule has 0 radical (unpaired) electrons. The van der Waals surface area contributed by atoms with E-state index in [2.05, 4.69) is 0 Å². The Morgan fingerprint density at radius 3 is 2.33 bits per heavy atom. The first-order chi connectivity index (χ1) is 9.80. The number of alkyl halides is 3. The summed E-state index contributed by atoms with van der Waals surface area (Å²) in [5.41, 5.74) is 3.39. The lowest BCUT2D eigenvalue weighted by Crippen LogP contribution is -2.40. The van der Waals surface area contributed by atoms with Crippen LogP contribution in [-0.4, -0.2) is 12.3 Å². The quantitative estimate of drug-likeness (QED) is 0.679. The Bertz CT molecular complexity index is 533. The van der Waals surface area contributed by atoms with Crippen LogP contribution in [-0.2, 0) is 6.18 Å². The lowest BCUT2D eigenvalue weighted by molar-refractivity contribution is -0.140. The van der Waals surface area contributed by atoms with E-state index in [-0.39, 0.29) is 12.1 Å². The van der Waals surface area contributed by atoms with Crippen molar-refractivity contribution in [2.45, 2.75) is 38.3 Å². The number of carbonyl (C=O) groups excluding carboxylic acids is 1. The van der Waals surface area contributed by atoms with Crippen molar-refractivity contribution in [3.05, 3.63) is 35.1 Å². The zero-order valence-corrected chi connectivity index (χ0v) is 11.5. The summed E-state index contributed by atoms with van der Waals surface area (Å²) in [6, 6.07) is 2.41. The molecule has 21 heavy (non-hydrogen) atoms. The van der Waals surface area contributed by atoms with Gasteiger partial charge in [-0.2, -0.15) is 13.2 Å². The Morgan fingerprint density at radius 1 is 1.19 bits per heavy atom. The van der Waals surface area contributed by atoms with Crippen LogP contribution in [0.4, 0.5) is 17.6 Å². The van der Waals surface area contributed by atoms with E-state index in [1.54, 1.807) is 0 Å². The maximum Gasteiger partial charge on any atom is 0.419 e. The van der Waals surface area contributed by atoms with E-state index in [0.717, 1.165) is 25.3 Å². The average molecular weight is 303 g/mol. The second-order valence-electron chi connectivity index (χ2n) is 5.57. The summed E-state index contributed by atoms with van der Waals surface area (Å²) in [5.74, 6) is -1.78. The second kappa shape index (κ2) is 5.75.